The molecule has 0 fully saturated rings. The van der Waals surface area contributed by atoms with Gasteiger partial charge < -0.3 is 4.90 Å². The minimum atomic E-state index is -0.710. The number of hydrogen-bond donors (Lipinski definition) is 0. The highest BCUT2D eigenvalue weighted by Gasteiger charge is 2.26. The van der Waals surface area contributed by atoms with Crippen LogP contribution in [-0.4, -0.2) is 39.0 Å². The number of aromatic nitrogens is 2. The maximum absolute atomic E-state index is 13.7. The summed E-state index contributed by atoms with van der Waals surface area (Å²) in [6, 6.07) is 13.2. The first kappa shape index (κ1) is 23.1. The molecule has 2 aromatic heterocycles. The molecule has 0 N–H and O–H groups in total. The number of nitrogens with zero attached hydrogens (tertiary/aromatic N) is 4. The van der Waals surface area contributed by atoms with Crippen molar-refractivity contribution in [1.82, 2.24) is 14.0 Å². The minimum Gasteiger partial charge on any atom is -0.344 e. The van der Waals surface area contributed by atoms with Crippen LogP contribution in [0.15, 0.2) is 58.1 Å². The van der Waals surface area contributed by atoms with Crippen molar-refractivity contribution in [3.05, 3.63) is 101 Å². The number of hydrogen-bond acceptors (Lipinski definition) is 6. The van der Waals surface area contributed by atoms with Gasteiger partial charge in [-0.05, 0) is 31.0 Å². The fourth-order valence-corrected chi connectivity index (χ4v) is 5.22. The Bertz CT molecular complexity index is 1580. The highest BCUT2D eigenvalue weighted by atomic mass is 32.1. The van der Waals surface area contributed by atoms with Crippen molar-refractivity contribution in [2.75, 3.05) is 14.1 Å². The van der Waals surface area contributed by atoms with Gasteiger partial charge in [0.05, 0.1) is 21.7 Å². The Hall–Kier alpha value is -4.05. The molecule has 0 aliphatic heterocycles. The van der Waals surface area contributed by atoms with E-state index >= 15 is 0 Å². The van der Waals surface area contributed by atoms with Crippen molar-refractivity contribution in [2.45, 2.75) is 20.4 Å². The van der Waals surface area contributed by atoms with E-state index in [9.17, 15) is 24.5 Å². The molecule has 1 amide bonds. The molecule has 0 saturated carbocycles. The van der Waals surface area contributed by atoms with Crippen molar-refractivity contribution in [3.8, 4) is 5.69 Å². The van der Waals surface area contributed by atoms with Crippen molar-refractivity contribution in [1.29, 1.82) is 0 Å². The summed E-state index contributed by atoms with van der Waals surface area (Å²) in [5, 5.41) is 11.9. The van der Waals surface area contributed by atoms with Crippen molar-refractivity contribution in [3.63, 3.8) is 0 Å². The Kier molecular flexibility index (Phi) is 5.92. The van der Waals surface area contributed by atoms with E-state index in [-0.39, 0.29) is 29.2 Å². The second kappa shape index (κ2) is 8.71. The zero-order valence-corrected chi connectivity index (χ0v) is 19.9. The highest BCUT2D eigenvalue weighted by Crippen LogP contribution is 2.30. The molecule has 0 aliphatic rings. The molecule has 0 atom stereocenters. The van der Waals surface area contributed by atoms with E-state index in [2.05, 4.69) is 0 Å². The molecule has 174 valence electrons. The monoisotopic (exact) mass is 478 g/mol. The summed E-state index contributed by atoms with van der Waals surface area (Å²) in [6.45, 7) is 3.72. The minimum absolute atomic E-state index is 0.117. The average Bonchev–Trinajstić information content (AvgIpc) is 3.13. The third-order valence-electron chi connectivity index (χ3n) is 5.56. The topological polar surface area (TPSA) is 107 Å². The van der Waals surface area contributed by atoms with Gasteiger partial charge in [-0.1, -0.05) is 42.0 Å². The molecule has 2 aromatic carbocycles. The number of carbonyl (C=O) groups excluding carboxylic acids is 1. The first-order chi connectivity index (χ1) is 16.1. The third kappa shape index (κ3) is 3.81. The molecule has 9 nitrogen and oxygen atoms in total. The predicted molar refractivity (Wildman–Crippen MR) is 131 cm³/mol. The fraction of sp³-hybridized carbons (Fsp3) is 0.208. The lowest BCUT2D eigenvalue weighted by Gasteiger charge is -2.13. The van der Waals surface area contributed by atoms with Crippen molar-refractivity contribution in [2.24, 2.45) is 0 Å². The quantitative estimate of drug-likeness (QED) is 0.322. The Balaban J connectivity index is 2.13. The standard InChI is InChI=1S/C24H22N4O5S/c1-14-8-7-9-16(12-14)13-26-23-19(15(2)20(34-23)22(30)25(3)4)21(29)27(24(26)31)17-10-5-6-11-18(17)28(32)33/h5-12H,13H2,1-4H3. The van der Waals surface area contributed by atoms with Gasteiger partial charge in [-0.25, -0.2) is 9.36 Å². The summed E-state index contributed by atoms with van der Waals surface area (Å²) >= 11 is 1.08. The third-order valence-corrected chi connectivity index (χ3v) is 6.86. The number of fused-ring (bicyclic) bond motifs is 1. The molecular formula is C24H22N4O5S. The maximum atomic E-state index is 13.7. The molecule has 4 rings (SSSR count). The molecule has 0 saturated heterocycles. The Labute approximate surface area is 198 Å². The summed E-state index contributed by atoms with van der Waals surface area (Å²) in [7, 11) is 3.22. The number of nitro benzene ring substituents is 1. The number of rotatable bonds is 5. The van der Waals surface area contributed by atoms with Gasteiger partial charge in [-0.2, -0.15) is 0 Å². The zero-order valence-electron chi connectivity index (χ0n) is 19.1. The molecular weight excluding hydrogens is 456 g/mol. The number of benzene rings is 2. The second-order valence-electron chi connectivity index (χ2n) is 8.18. The average molecular weight is 479 g/mol. The number of carbonyl (C=O) groups is 1. The van der Waals surface area contributed by atoms with Gasteiger partial charge in [-0.3, -0.25) is 24.3 Å². The van der Waals surface area contributed by atoms with Gasteiger partial charge in [0.25, 0.3) is 17.2 Å². The zero-order chi connectivity index (χ0) is 24.7. The van der Waals surface area contributed by atoms with Crippen LogP contribution >= 0.6 is 11.3 Å². The molecule has 2 heterocycles. The Morgan fingerprint density at radius 3 is 2.44 bits per heavy atom. The SMILES string of the molecule is Cc1cccc(Cn2c(=O)n(-c3ccccc3[N+](=O)[O-])c(=O)c3c(C)c(C(=O)N(C)C)sc32)c1. The number of amides is 1. The molecule has 0 bridgehead atoms. The van der Waals surface area contributed by atoms with Crippen LogP contribution in [0.5, 0.6) is 0 Å². The summed E-state index contributed by atoms with van der Waals surface area (Å²) < 4.78 is 2.24. The van der Waals surface area contributed by atoms with Crippen LogP contribution < -0.4 is 11.2 Å². The van der Waals surface area contributed by atoms with Gasteiger partial charge in [-0.15, -0.1) is 11.3 Å². The van der Waals surface area contributed by atoms with Crippen LogP contribution in [0.4, 0.5) is 5.69 Å². The molecule has 0 aliphatic carbocycles. The van der Waals surface area contributed by atoms with Gasteiger partial charge in [0.1, 0.15) is 10.5 Å². The second-order valence-corrected chi connectivity index (χ2v) is 9.18. The largest absolute Gasteiger partial charge is 0.344 e. The van der Waals surface area contributed by atoms with Crippen LogP contribution in [0.2, 0.25) is 0 Å². The number of aryl methyl sites for hydroxylation is 2. The first-order valence-electron chi connectivity index (χ1n) is 10.4. The van der Waals surface area contributed by atoms with E-state index in [0.717, 1.165) is 27.0 Å². The Morgan fingerprint density at radius 2 is 1.79 bits per heavy atom. The van der Waals surface area contributed by atoms with Crippen LogP contribution in [0.25, 0.3) is 15.9 Å². The fourth-order valence-electron chi connectivity index (χ4n) is 3.91. The Morgan fingerprint density at radius 1 is 1.09 bits per heavy atom. The lowest BCUT2D eigenvalue weighted by atomic mass is 10.1. The van der Waals surface area contributed by atoms with Gasteiger partial charge in [0.15, 0.2) is 0 Å². The van der Waals surface area contributed by atoms with E-state index in [1.54, 1.807) is 21.0 Å². The molecule has 0 spiro atoms. The van der Waals surface area contributed by atoms with Crippen molar-refractivity contribution < 1.29 is 9.72 Å². The number of para-hydroxylation sites is 2. The van der Waals surface area contributed by atoms with Crippen LogP contribution in [0.1, 0.15) is 26.4 Å². The van der Waals surface area contributed by atoms with Crippen molar-refractivity contribution >= 4 is 33.1 Å². The van der Waals surface area contributed by atoms with E-state index in [4.69, 9.17) is 0 Å². The van der Waals surface area contributed by atoms with Crippen LogP contribution in [0, 0.1) is 24.0 Å². The maximum Gasteiger partial charge on any atom is 0.337 e. The summed E-state index contributed by atoms with van der Waals surface area (Å²) in [5.41, 5.74) is 0.380. The van der Waals surface area contributed by atoms with E-state index in [1.165, 1.54) is 33.7 Å². The summed E-state index contributed by atoms with van der Waals surface area (Å²) in [6.07, 6.45) is 0. The van der Waals surface area contributed by atoms with Gasteiger partial charge in [0, 0.05) is 20.2 Å². The van der Waals surface area contributed by atoms with E-state index in [0.29, 0.717) is 15.3 Å². The smallest absolute Gasteiger partial charge is 0.337 e. The van der Waals surface area contributed by atoms with Crippen LogP contribution in [0.3, 0.4) is 0 Å². The number of thiophene rings is 1. The summed E-state index contributed by atoms with van der Waals surface area (Å²) in [4.78, 5) is 53.3. The lowest BCUT2D eigenvalue weighted by Crippen LogP contribution is -2.39. The number of nitro groups is 1. The molecule has 10 heteroatoms. The van der Waals surface area contributed by atoms with E-state index < -0.39 is 16.2 Å². The highest BCUT2D eigenvalue weighted by molar-refractivity contribution is 7.20. The van der Waals surface area contributed by atoms with Gasteiger partial charge in [0.2, 0.25) is 0 Å². The normalized spacial score (nSPS) is 11.1. The van der Waals surface area contributed by atoms with Crippen LogP contribution in [-0.2, 0) is 6.54 Å². The van der Waals surface area contributed by atoms with E-state index in [1.807, 2.05) is 31.2 Å². The predicted octanol–water partition coefficient (Wildman–Crippen LogP) is 3.49. The molecule has 0 radical (unpaired) electrons. The van der Waals surface area contributed by atoms with Gasteiger partial charge >= 0.3 is 5.69 Å². The molecule has 34 heavy (non-hydrogen) atoms. The lowest BCUT2D eigenvalue weighted by molar-refractivity contribution is -0.384. The first-order valence-corrected chi connectivity index (χ1v) is 11.2. The molecule has 0 unspecified atom stereocenters. The molecule has 4 aromatic rings. The summed E-state index contributed by atoms with van der Waals surface area (Å²) in [5.74, 6) is -0.287.